The van der Waals surface area contributed by atoms with E-state index in [-0.39, 0.29) is 5.60 Å². The van der Waals surface area contributed by atoms with Crippen molar-refractivity contribution in [2.75, 3.05) is 13.2 Å². The van der Waals surface area contributed by atoms with Crippen LogP contribution in [0.1, 0.15) is 39.7 Å². The minimum absolute atomic E-state index is 0.258. The van der Waals surface area contributed by atoms with Crippen LogP contribution in [0.3, 0.4) is 0 Å². The van der Waals surface area contributed by atoms with E-state index in [2.05, 4.69) is 0 Å². The van der Waals surface area contributed by atoms with Gasteiger partial charge in [0.05, 0.1) is 12.2 Å². The van der Waals surface area contributed by atoms with Crippen LogP contribution in [0.5, 0.6) is 0 Å². The summed E-state index contributed by atoms with van der Waals surface area (Å²) in [5, 5.41) is 0. The summed E-state index contributed by atoms with van der Waals surface area (Å²) in [6, 6.07) is 9.30. The number of hydrogen-bond acceptors (Lipinski definition) is 4. The summed E-state index contributed by atoms with van der Waals surface area (Å²) in [7, 11) is 0. The molecule has 0 heterocycles. The highest BCUT2D eigenvalue weighted by Gasteiger charge is 2.37. The van der Waals surface area contributed by atoms with Gasteiger partial charge in [-0.1, -0.05) is 30.3 Å². The second-order valence-corrected chi connectivity index (χ2v) is 5.77. The summed E-state index contributed by atoms with van der Waals surface area (Å²) >= 11 is 0. The molecule has 112 valence electrons. The molecule has 1 rings (SSSR count). The largest absolute Gasteiger partial charge is 0.464 e. The van der Waals surface area contributed by atoms with E-state index < -0.39 is 11.5 Å². The maximum absolute atomic E-state index is 12.2. The predicted molar refractivity (Wildman–Crippen MR) is 79.3 cm³/mol. The maximum Gasteiger partial charge on any atom is 0.330 e. The van der Waals surface area contributed by atoms with E-state index in [1.807, 2.05) is 51.1 Å². The Hall–Kier alpha value is -1.39. The lowest BCUT2D eigenvalue weighted by Gasteiger charge is -2.29. The number of carbonyl (C=O) groups is 1. The zero-order valence-corrected chi connectivity index (χ0v) is 12.8. The molecule has 1 unspecified atom stereocenters. The quantitative estimate of drug-likeness (QED) is 0.813. The summed E-state index contributed by atoms with van der Waals surface area (Å²) in [5.41, 5.74) is 5.65. The van der Waals surface area contributed by atoms with E-state index >= 15 is 0 Å². The fraction of sp³-hybridized carbons (Fsp3) is 0.562. The van der Waals surface area contributed by atoms with Crippen molar-refractivity contribution in [3.63, 3.8) is 0 Å². The number of rotatable bonds is 6. The summed E-state index contributed by atoms with van der Waals surface area (Å²) in [6.07, 6.45) is 0.382. The van der Waals surface area contributed by atoms with E-state index in [9.17, 15) is 4.79 Å². The van der Waals surface area contributed by atoms with Crippen LogP contribution in [0.15, 0.2) is 30.3 Å². The van der Waals surface area contributed by atoms with Crippen molar-refractivity contribution in [2.24, 2.45) is 5.73 Å². The van der Waals surface area contributed by atoms with E-state index in [1.54, 1.807) is 6.92 Å². The molecule has 0 amide bonds. The first-order valence-corrected chi connectivity index (χ1v) is 6.95. The molecule has 1 aromatic carbocycles. The molecular formula is C16H25NO3. The molecule has 0 aliphatic rings. The van der Waals surface area contributed by atoms with Gasteiger partial charge in [0, 0.05) is 13.0 Å². The standard InChI is InChI=1S/C16H25NO3/c1-5-19-14(18)16(17,11-12-20-15(2,3)4)13-9-7-6-8-10-13/h6-10H,5,11-12,17H2,1-4H3. The second-order valence-electron chi connectivity index (χ2n) is 5.77. The minimum atomic E-state index is -1.16. The number of nitrogens with two attached hydrogens (primary N) is 1. The molecule has 1 atom stereocenters. The van der Waals surface area contributed by atoms with E-state index in [0.29, 0.717) is 19.6 Å². The Morgan fingerprint density at radius 3 is 2.30 bits per heavy atom. The first kappa shape index (κ1) is 16.7. The van der Waals surface area contributed by atoms with Crippen molar-refractivity contribution in [3.8, 4) is 0 Å². The number of carbonyl (C=O) groups excluding carboxylic acids is 1. The third-order valence-corrected chi connectivity index (χ3v) is 2.96. The van der Waals surface area contributed by atoms with Crippen LogP contribution in [0.25, 0.3) is 0 Å². The molecule has 0 saturated carbocycles. The van der Waals surface area contributed by atoms with Gasteiger partial charge >= 0.3 is 5.97 Å². The van der Waals surface area contributed by atoms with Crippen LogP contribution >= 0.6 is 0 Å². The number of hydrogen-bond donors (Lipinski definition) is 1. The van der Waals surface area contributed by atoms with Crippen molar-refractivity contribution in [3.05, 3.63) is 35.9 Å². The van der Waals surface area contributed by atoms with Gasteiger partial charge in [-0.2, -0.15) is 0 Å². The van der Waals surface area contributed by atoms with Gasteiger partial charge < -0.3 is 15.2 Å². The molecule has 4 heteroatoms. The van der Waals surface area contributed by atoms with Crippen LogP contribution in [-0.4, -0.2) is 24.8 Å². The smallest absolute Gasteiger partial charge is 0.330 e. The average Bonchev–Trinajstić information content (AvgIpc) is 2.38. The Morgan fingerprint density at radius 2 is 1.80 bits per heavy atom. The first-order valence-electron chi connectivity index (χ1n) is 6.95. The lowest BCUT2D eigenvalue weighted by Crippen LogP contribution is -2.47. The highest BCUT2D eigenvalue weighted by molar-refractivity contribution is 5.82. The molecule has 0 radical (unpaired) electrons. The molecule has 20 heavy (non-hydrogen) atoms. The molecule has 4 nitrogen and oxygen atoms in total. The third-order valence-electron chi connectivity index (χ3n) is 2.96. The molecule has 0 aromatic heterocycles. The van der Waals surface area contributed by atoms with Crippen LogP contribution < -0.4 is 5.73 Å². The monoisotopic (exact) mass is 279 g/mol. The molecule has 0 aliphatic carbocycles. The lowest BCUT2D eigenvalue weighted by molar-refractivity contribution is -0.151. The van der Waals surface area contributed by atoms with Crippen LogP contribution in [0.4, 0.5) is 0 Å². The highest BCUT2D eigenvalue weighted by atomic mass is 16.5. The van der Waals surface area contributed by atoms with Crippen LogP contribution in [0, 0.1) is 0 Å². The Bertz CT molecular complexity index is 425. The fourth-order valence-electron chi connectivity index (χ4n) is 1.88. The number of benzene rings is 1. The molecule has 0 fully saturated rings. The second kappa shape index (κ2) is 6.86. The average molecular weight is 279 g/mol. The van der Waals surface area contributed by atoms with Crippen LogP contribution in [0.2, 0.25) is 0 Å². The summed E-state index contributed by atoms with van der Waals surface area (Å²) in [6.45, 7) is 8.39. The zero-order chi connectivity index (χ0) is 15.2. The van der Waals surface area contributed by atoms with E-state index in [4.69, 9.17) is 15.2 Å². The first-order chi connectivity index (χ1) is 9.29. The van der Waals surface area contributed by atoms with Gasteiger partial charge in [-0.25, -0.2) is 4.79 Å². The third kappa shape index (κ3) is 4.62. The van der Waals surface area contributed by atoms with Gasteiger partial charge in [0.15, 0.2) is 0 Å². The topological polar surface area (TPSA) is 61.5 Å². The van der Waals surface area contributed by atoms with Gasteiger partial charge in [0.25, 0.3) is 0 Å². The minimum Gasteiger partial charge on any atom is -0.464 e. The van der Waals surface area contributed by atoms with Crippen molar-refractivity contribution in [2.45, 2.75) is 45.3 Å². The fourth-order valence-corrected chi connectivity index (χ4v) is 1.88. The van der Waals surface area contributed by atoms with Gasteiger partial charge in [-0.05, 0) is 33.3 Å². The van der Waals surface area contributed by atoms with Crippen molar-refractivity contribution in [1.82, 2.24) is 0 Å². The zero-order valence-electron chi connectivity index (χ0n) is 12.8. The van der Waals surface area contributed by atoms with Gasteiger partial charge in [-0.3, -0.25) is 0 Å². The van der Waals surface area contributed by atoms with Gasteiger partial charge in [0.1, 0.15) is 5.54 Å². The van der Waals surface area contributed by atoms with Gasteiger partial charge in [-0.15, -0.1) is 0 Å². The molecule has 0 saturated heterocycles. The normalized spacial score (nSPS) is 14.7. The predicted octanol–water partition coefficient (Wildman–Crippen LogP) is 2.61. The molecular weight excluding hydrogens is 254 g/mol. The van der Waals surface area contributed by atoms with Crippen LogP contribution in [-0.2, 0) is 19.8 Å². The van der Waals surface area contributed by atoms with Crippen molar-refractivity contribution in [1.29, 1.82) is 0 Å². The van der Waals surface area contributed by atoms with Gasteiger partial charge in [0.2, 0.25) is 0 Å². The summed E-state index contributed by atoms with van der Waals surface area (Å²) < 4.78 is 10.8. The molecule has 1 aromatic rings. The van der Waals surface area contributed by atoms with Crippen molar-refractivity contribution < 1.29 is 14.3 Å². The maximum atomic E-state index is 12.2. The number of esters is 1. The number of ether oxygens (including phenoxy) is 2. The lowest BCUT2D eigenvalue weighted by atomic mass is 9.88. The summed E-state index contributed by atoms with van der Waals surface area (Å²) in [4.78, 5) is 12.2. The summed E-state index contributed by atoms with van der Waals surface area (Å²) in [5.74, 6) is -0.413. The molecule has 0 spiro atoms. The molecule has 0 bridgehead atoms. The van der Waals surface area contributed by atoms with Crippen molar-refractivity contribution >= 4 is 5.97 Å². The Labute approximate surface area is 121 Å². The van der Waals surface area contributed by atoms with E-state index in [0.717, 1.165) is 5.56 Å². The Morgan fingerprint density at radius 1 is 1.20 bits per heavy atom. The highest BCUT2D eigenvalue weighted by Crippen LogP contribution is 2.25. The Balaban J connectivity index is 2.88. The van der Waals surface area contributed by atoms with E-state index in [1.165, 1.54) is 0 Å². The Kier molecular flexibility index (Phi) is 5.72. The SMILES string of the molecule is CCOC(=O)C(N)(CCOC(C)(C)C)c1ccccc1. The molecule has 0 aliphatic heterocycles. The molecule has 2 N–H and O–H groups in total.